The van der Waals surface area contributed by atoms with E-state index >= 15 is 0 Å². The second kappa shape index (κ2) is 6.12. The van der Waals surface area contributed by atoms with Crippen molar-refractivity contribution in [2.45, 2.75) is 51.7 Å². The summed E-state index contributed by atoms with van der Waals surface area (Å²) >= 11 is 0. The average molecular weight is 246 g/mol. The first-order valence-corrected chi connectivity index (χ1v) is 7.97. The Balaban J connectivity index is 2.49. The molecule has 0 aromatic carbocycles. The summed E-state index contributed by atoms with van der Waals surface area (Å²) in [4.78, 5) is 2.53. The number of piperidine rings is 1. The second-order valence-corrected chi connectivity index (χ2v) is 6.76. The van der Waals surface area contributed by atoms with Gasteiger partial charge in [0.2, 0.25) is 0 Å². The summed E-state index contributed by atoms with van der Waals surface area (Å²) in [6.07, 6.45) is 3.89. The lowest BCUT2D eigenvalue weighted by atomic mass is 9.86. The maximum Gasteiger partial charge on any atom is 0.0246 e. The van der Waals surface area contributed by atoms with Crippen molar-refractivity contribution in [3.63, 3.8) is 0 Å². The van der Waals surface area contributed by atoms with Crippen molar-refractivity contribution in [1.82, 2.24) is 4.90 Å². The van der Waals surface area contributed by atoms with Crippen LogP contribution in [-0.4, -0.2) is 45.8 Å². The van der Waals surface area contributed by atoms with Gasteiger partial charge in [0.25, 0.3) is 0 Å². The van der Waals surface area contributed by atoms with Crippen LogP contribution >= 0.6 is 0 Å². The molecule has 5 unspecified atom stereocenters. The lowest BCUT2D eigenvalue weighted by Gasteiger charge is -2.44. The van der Waals surface area contributed by atoms with Crippen LogP contribution in [0.1, 0.15) is 33.6 Å². The molecule has 4 heteroatoms. The smallest absolute Gasteiger partial charge is 0.0246 e. The molecule has 2 N–H and O–H groups in total. The minimum Gasteiger partial charge on any atom is -0.327 e. The lowest BCUT2D eigenvalue weighted by molar-refractivity contribution is 0.0619. The molecule has 1 aliphatic heterocycles. The van der Waals surface area contributed by atoms with Crippen LogP contribution in [0.25, 0.3) is 0 Å². The largest absolute Gasteiger partial charge is 0.327 e. The Bertz CT molecular complexity index is 247. The normalized spacial score (nSPS) is 35.9. The molecular weight excluding hydrogens is 220 g/mol. The highest BCUT2D eigenvalue weighted by molar-refractivity contribution is 7.84. The van der Waals surface area contributed by atoms with E-state index in [-0.39, 0.29) is 0 Å². The number of nitrogens with zero attached hydrogens (tertiary/aromatic N) is 1. The lowest BCUT2D eigenvalue weighted by Crippen LogP contribution is -2.54. The van der Waals surface area contributed by atoms with Crippen LogP contribution < -0.4 is 5.73 Å². The van der Waals surface area contributed by atoms with E-state index in [9.17, 15) is 4.21 Å². The van der Waals surface area contributed by atoms with Gasteiger partial charge in [-0.2, -0.15) is 0 Å². The van der Waals surface area contributed by atoms with E-state index in [2.05, 4.69) is 25.7 Å². The van der Waals surface area contributed by atoms with Crippen LogP contribution in [0.4, 0.5) is 0 Å². The third-order valence-corrected chi connectivity index (χ3v) is 4.88. The summed E-state index contributed by atoms with van der Waals surface area (Å²) in [5, 5.41) is 0. The fourth-order valence-electron chi connectivity index (χ4n) is 2.55. The van der Waals surface area contributed by atoms with Gasteiger partial charge in [0.1, 0.15) is 0 Å². The minimum atomic E-state index is -0.669. The van der Waals surface area contributed by atoms with Crippen LogP contribution in [0.2, 0.25) is 0 Å². The molecule has 0 aromatic heterocycles. The van der Waals surface area contributed by atoms with Gasteiger partial charge in [0.05, 0.1) is 0 Å². The molecule has 16 heavy (non-hydrogen) atoms. The molecule has 3 nitrogen and oxygen atoms in total. The summed E-state index contributed by atoms with van der Waals surface area (Å²) in [6, 6.07) is 1.41. The zero-order valence-electron chi connectivity index (χ0n) is 11.0. The fraction of sp³-hybridized carbons (Fsp3) is 1.00. The molecule has 0 spiro atoms. The number of hydrogen-bond acceptors (Lipinski definition) is 3. The molecule has 0 saturated carbocycles. The van der Waals surface area contributed by atoms with Crippen LogP contribution in [0.5, 0.6) is 0 Å². The highest BCUT2D eigenvalue weighted by atomic mass is 32.2. The van der Waals surface area contributed by atoms with Gasteiger partial charge in [0.15, 0.2) is 0 Å². The summed E-state index contributed by atoms with van der Waals surface area (Å²) in [5.41, 5.74) is 6.08. The fourth-order valence-corrected chi connectivity index (χ4v) is 3.22. The quantitative estimate of drug-likeness (QED) is 0.811. The molecule has 5 atom stereocenters. The first-order valence-electron chi connectivity index (χ1n) is 6.24. The van der Waals surface area contributed by atoms with Crippen molar-refractivity contribution in [3.05, 3.63) is 0 Å². The molecular formula is C12H26N2OS. The van der Waals surface area contributed by atoms with Gasteiger partial charge < -0.3 is 5.73 Å². The van der Waals surface area contributed by atoms with Crippen molar-refractivity contribution in [2.24, 2.45) is 11.7 Å². The van der Waals surface area contributed by atoms with Gasteiger partial charge in [-0.3, -0.25) is 9.11 Å². The summed E-state index contributed by atoms with van der Waals surface area (Å²) < 4.78 is 11.1. The number of rotatable bonds is 4. The van der Waals surface area contributed by atoms with Crippen molar-refractivity contribution in [2.75, 3.05) is 18.6 Å². The Morgan fingerprint density at radius 2 is 2.12 bits per heavy atom. The van der Waals surface area contributed by atoms with Crippen molar-refractivity contribution in [1.29, 1.82) is 0 Å². The Hall–Kier alpha value is 0.0700. The third-order valence-electron chi connectivity index (χ3n) is 4.07. The number of hydrogen-bond donors (Lipinski definition) is 1. The van der Waals surface area contributed by atoms with E-state index in [0.717, 1.165) is 25.1 Å². The Labute approximate surface area is 102 Å². The highest BCUT2D eigenvalue weighted by Crippen LogP contribution is 2.25. The zero-order chi connectivity index (χ0) is 12.3. The molecule has 1 rings (SSSR count). The standard InChI is InChI=1S/C12H26N2OS/c1-9(6-8-16(4)15)14-7-5-12(13)10(2)11(14)3/h9-12H,5-8,13H2,1-4H3. The maximum atomic E-state index is 11.1. The summed E-state index contributed by atoms with van der Waals surface area (Å²) in [6.45, 7) is 7.84. The van der Waals surface area contributed by atoms with Gasteiger partial charge in [0, 0.05) is 47.5 Å². The van der Waals surface area contributed by atoms with E-state index in [1.54, 1.807) is 6.26 Å². The van der Waals surface area contributed by atoms with Crippen LogP contribution in [0.3, 0.4) is 0 Å². The molecule has 0 bridgehead atoms. The van der Waals surface area contributed by atoms with Crippen molar-refractivity contribution >= 4 is 10.8 Å². The van der Waals surface area contributed by atoms with Gasteiger partial charge >= 0.3 is 0 Å². The summed E-state index contributed by atoms with van der Waals surface area (Å²) in [7, 11) is -0.669. The van der Waals surface area contributed by atoms with Gasteiger partial charge in [-0.25, -0.2) is 0 Å². The van der Waals surface area contributed by atoms with Crippen LogP contribution in [-0.2, 0) is 10.8 Å². The van der Waals surface area contributed by atoms with Crippen LogP contribution in [0, 0.1) is 5.92 Å². The van der Waals surface area contributed by atoms with E-state index in [0.29, 0.717) is 24.0 Å². The monoisotopic (exact) mass is 246 g/mol. The number of nitrogens with two attached hydrogens (primary N) is 1. The molecule has 0 radical (unpaired) electrons. The molecule has 1 saturated heterocycles. The van der Waals surface area contributed by atoms with Crippen LogP contribution in [0.15, 0.2) is 0 Å². The topological polar surface area (TPSA) is 46.3 Å². The van der Waals surface area contributed by atoms with E-state index in [1.165, 1.54) is 0 Å². The van der Waals surface area contributed by atoms with E-state index < -0.39 is 10.8 Å². The maximum absolute atomic E-state index is 11.1. The van der Waals surface area contributed by atoms with Gasteiger partial charge in [-0.05, 0) is 32.6 Å². The average Bonchev–Trinajstić information content (AvgIpc) is 2.23. The predicted molar refractivity (Wildman–Crippen MR) is 70.9 cm³/mol. The molecule has 1 heterocycles. The highest BCUT2D eigenvalue weighted by Gasteiger charge is 2.32. The second-order valence-electron chi connectivity index (χ2n) is 5.21. The predicted octanol–water partition coefficient (Wildman–Crippen LogP) is 1.20. The molecule has 0 amide bonds. The van der Waals surface area contributed by atoms with Gasteiger partial charge in [-0.15, -0.1) is 0 Å². The molecule has 0 aromatic rings. The Morgan fingerprint density at radius 1 is 1.50 bits per heavy atom. The first-order chi connectivity index (χ1) is 7.43. The van der Waals surface area contributed by atoms with E-state index in [4.69, 9.17) is 5.73 Å². The van der Waals surface area contributed by atoms with Crippen molar-refractivity contribution in [3.8, 4) is 0 Å². The summed E-state index contributed by atoms with van der Waals surface area (Å²) in [5.74, 6) is 1.37. The first kappa shape index (κ1) is 14.1. The molecule has 96 valence electrons. The SMILES string of the molecule is CC1C(N)CCN(C(C)CCS(C)=O)C1C. The van der Waals surface area contributed by atoms with E-state index in [1.807, 2.05) is 0 Å². The Morgan fingerprint density at radius 3 is 2.69 bits per heavy atom. The Kier molecular flexibility index (Phi) is 5.41. The van der Waals surface area contributed by atoms with Crippen molar-refractivity contribution < 1.29 is 4.21 Å². The third kappa shape index (κ3) is 3.54. The molecule has 1 aliphatic rings. The number of likely N-dealkylation sites (tertiary alicyclic amines) is 1. The zero-order valence-corrected chi connectivity index (χ0v) is 11.8. The molecule has 1 fully saturated rings. The van der Waals surface area contributed by atoms with Gasteiger partial charge in [-0.1, -0.05) is 6.92 Å². The minimum absolute atomic E-state index is 0.346. The molecule has 0 aliphatic carbocycles.